The van der Waals surface area contributed by atoms with E-state index in [9.17, 15) is 0 Å². The molecule has 0 bridgehead atoms. The van der Waals surface area contributed by atoms with E-state index in [4.69, 9.17) is 11.6 Å². The zero-order valence-corrected chi connectivity index (χ0v) is 9.54. The summed E-state index contributed by atoms with van der Waals surface area (Å²) in [6.07, 6.45) is 0. The fraction of sp³-hybridized carbons (Fsp3) is 1.00. The molecule has 2 heteroatoms. The summed E-state index contributed by atoms with van der Waals surface area (Å²) in [5, 5.41) is 0. The molecule has 0 heterocycles. The van der Waals surface area contributed by atoms with E-state index < -0.39 is 0 Å². The Morgan fingerprint density at radius 1 is 1.67 bits per heavy atom. The van der Waals surface area contributed by atoms with Crippen LogP contribution in [0.5, 0.6) is 0 Å². The van der Waals surface area contributed by atoms with Crippen LogP contribution in [-0.4, -0.2) is 22.4 Å². The molecule has 0 unspecified atom stereocenters. The van der Waals surface area contributed by atoms with E-state index in [1.165, 1.54) is 0 Å². The van der Waals surface area contributed by atoms with Crippen molar-refractivity contribution >= 4 is 28.1 Å². The van der Waals surface area contributed by atoms with Crippen molar-refractivity contribution in [1.29, 1.82) is 0 Å². The minimum atomic E-state index is 0.495. The third-order valence-electron chi connectivity index (χ3n) is 0.401. The fourth-order valence-electron chi connectivity index (χ4n) is 0. The van der Waals surface area contributed by atoms with Crippen LogP contribution in [0.25, 0.3) is 0 Å². The van der Waals surface area contributed by atoms with Crippen LogP contribution in [0, 0.1) is 0 Å². The van der Waals surface area contributed by atoms with Gasteiger partial charge in [-0.1, -0.05) is 0 Å². The normalized spacial score (nSPS) is 12.5. The van der Waals surface area contributed by atoms with E-state index >= 15 is 0 Å². The second kappa shape index (κ2) is 2.22. The van der Waals surface area contributed by atoms with Crippen LogP contribution in [0.4, 0.5) is 0 Å². The molecule has 0 amide bonds. The van der Waals surface area contributed by atoms with Crippen molar-refractivity contribution in [2.45, 2.75) is 18.1 Å². The predicted molar refractivity (Wildman–Crippen MR) is 34.7 cm³/mol. The van der Waals surface area contributed by atoms with Gasteiger partial charge in [0, 0.05) is 0 Å². The summed E-state index contributed by atoms with van der Waals surface area (Å²) in [6, 6.07) is 0. The van der Waals surface area contributed by atoms with Gasteiger partial charge in [-0.2, -0.15) is 0 Å². The van der Waals surface area contributed by atoms with Gasteiger partial charge >= 0.3 is 52.1 Å². The summed E-state index contributed by atoms with van der Waals surface area (Å²) < 4.78 is 0.495. The van der Waals surface area contributed by atoms with Crippen LogP contribution in [0.15, 0.2) is 0 Å². The molecule has 0 radical (unpaired) electrons. The number of halogens is 1. The van der Waals surface area contributed by atoms with Crippen molar-refractivity contribution in [1.82, 2.24) is 0 Å². The van der Waals surface area contributed by atoms with Gasteiger partial charge < -0.3 is 0 Å². The first-order chi connectivity index (χ1) is 2.56. The van der Waals surface area contributed by atoms with E-state index in [0.717, 1.165) is 22.4 Å². The van der Waals surface area contributed by atoms with Gasteiger partial charge in [-0.3, -0.25) is 0 Å². The molecular weight excluding hydrogens is 156 g/mol. The standard InChI is InChI=1S/C4H11ClGe/c1-4(2,6)3-5/h3H2,1-2,6H3. The molecule has 0 aliphatic heterocycles. The second-order valence-electron chi connectivity index (χ2n) is 2.69. The fourth-order valence-corrected chi connectivity index (χ4v) is 0. The molecule has 0 aromatic carbocycles. The number of alkyl halides is 1. The predicted octanol–water partition coefficient (Wildman–Crippen LogP) is 0.789. The molecule has 6 heavy (non-hydrogen) atoms. The Hall–Kier alpha value is 0.833. The van der Waals surface area contributed by atoms with E-state index in [0.29, 0.717) is 4.25 Å². The monoisotopic (exact) mass is 168 g/mol. The molecular formula is C4H11ClGe. The Morgan fingerprint density at radius 2 is 1.83 bits per heavy atom. The van der Waals surface area contributed by atoms with Gasteiger partial charge in [0.15, 0.2) is 0 Å². The second-order valence-corrected chi connectivity index (χ2v) is 8.64. The molecule has 0 aliphatic rings. The molecule has 0 aromatic rings. The molecule has 0 aromatic heterocycles. The van der Waals surface area contributed by atoms with E-state index in [1.54, 1.807) is 0 Å². The van der Waals surface area contributed by atoms with Gasteiger partial charge in [0.25, 0.3) is 0 Å². The van der Waals surface area contributed by atoms with Crippen molar-refractivity contribution in [3.8, 4) is 0 Å². The summed E-state index contributed by atoms with van der Waals surface area (Å²) in [4.78, 5) is 0. The Bertz CT molecular complexity index is 37.3. The third-order valence-corrected chi connectivity index (χ3v) is 2.88. The van der Waals surface area contributed by atoms with Crippen molar-refractivity contribution < 1.29 is 0 Å². The minimum absolute atomic E-state index is 0.495. The van der Waals surface area contributed by atoms with Crippen LogP contribution in [-0.2, 0) is 0 Å². The number of hydrogen-bond donors (Lipinski definition) is 0. The molecule has 0 spiro atoms. The van der Waals surface area contributed by atoms with Gasteiger partial charge in [0.05, 0.1) is 0 Å². The Labute approximate surface area is 52.5 Å². The van der Waals surface area contributed by atoms with Gasteiger partial charge in [-0.15, -0.1) is 0 Å². The van der Waals surface area contributed by atoms with E-state index in [-0.39, 0.29) is 0 Å². The molecule has 0 nitrogen and oxygen atoms in total. The van der Waals surface area contributed by atoms with Crippen molar-refractivity contribution in [3.05, 3.63) is 0 Å². The Balaban J connectivity index is 3.17. The van der Waals surface area contributed by atoms with E-state index in [1.807, 2.05) is 0 Å². The van der Waals surface area contributed by atoms with Gasteiger partial charge in [-0.25, -0.2) is 0 Å². The maximum absolute atomic E-state index is 5.52. The van der Waals surface area contributed by atoms with Crippen LogP contribution in [0.1, 0.15) is 13.8 Å². The van der Waals surface area contributed by atoms with Crippen LogP contribution < -0.4 is 0 Å². The zero-order valence-electron chi connectivity index (χ0n) is 4.59. The van der Waals surface area contributed by atoms with Gasteiger partial charge in [0.2, 0.25) is 0 Å². The summed E-state index contributed by atoms with van der Waals surface area (Å²) in [5.41, 5.74) is 0. The molecule has 0 aliphatic carbocycles. The number of rotatable bonds is 1. The molecule has 0 saturated heterocycles. The average Bonchev–Trinajstić information content (AvgIpc) is 1.35. The first-order valence-corrected chi connectivity index (χ1v) is 4.75. The first-order valence-electron chi connectivity index (χ1n) is 2.12. The topological polar surface area (TPSA) is 0 Å². The Morgan fingerprint density at radius 3 is 1.83 bits per heavy atom. The molecule has 0 N–H and O–H groups in total. The summed E-state index contributed by atoms with van der Waals surface area (Å²) in [6.45, 7) is 4.39. The molecule has 38 valence electrons. The van der Waals surface area contributed by atoms with Crippen LogP contribution >= 0.6 is 11.6 Å². The van der Waals surface area contributed by atoms with Crippen molar-refractivity contribution in [3.63, 3.8) is 0 Å². The summed E-state index contributed by atoms with van der Waals surface area (Å²) in [5.74, 6) is 0.826. The van der Waals surface area contributed by atoms with Crippen molar-refractivity contribution in [2.24, 2.45) is 0 Å². The first kappa shape index (κ1) is 6.83. The molecule has 0 atom stereocenters. The third kappa shape index (κ3) is 4.83. The molecule has 0 fully saturated rings. The van der Waals surface area contributed by atoms with Crippen LogP contribution in [0.3, 0.4) is 0 Å². The molecule has 0 saturated carbocycles. The number of hydrogen-bond acceptors (Lipinski definition) is 0. The average molecular weight is 167 g/mol. The zero-order chi connectivity index (χ0) is 5.21. The molecule has 0 rings (SSSR count). The summed E-state index contributed by atoms with van der Waals surface area (Å²) >= 11 is 6.40. The van der Waals surface area contributed by atoms with Crippen LogP contribution in [0.2, 0.25) is 4.25 Å². The van der Waals surface area contributed by atoms with Crippen molar-refractivity contribution in [2.75, 3.05) is 5.88 Å². The summed E-state index contributed by atoms with van der Waals surface area (Å²) in [7, 11) is 0. The quantitative estimate of drug-likeness (QED) is 0.400. The van der Waals surface area contributed by atoms with E-state index in [2.05, 4.69) is 13.8 Å². The van der Waals surface area contributed by atoms with Gasteiger partial charge in [0.1, 0.15) is 0 Å². The SMILES string of the molecule is C[C](C)([GeH3])CCl. The van der Waals surface area contributed by atoms with Gasteiger partial charge in [-0.05, 0) is 0 Å². The maximum atomic E-state index is 5.52. The Kier molecular flexibility index (Phi) is 2.53.